The van der Waals surface area contributed by atoms with Crippen LogP contribution in [0.1, 0.15) is 71.9 Å². The number of hydrogen-bond acceptors (Lipinski definition) is 6. The number of unbranched alkanes of at least 4 members (excludes halogenated alkanes) is 1. The van der Waals surface area contributed by atoms with E-state index in [1.165, 1.54) is 5.06 Å². The molecular formula is C20H33NO5S. The monoisotopic (exact) mass is 399 g/mol. The number of hydrogen-bond donors (Lipinski definition) is 1. The third-order valence-electron chi connectivity index (χ3n) is 5.43. The van der Waals surface area contributed by atoms with Gasteiger partial charge in [-0.15, -0.1) is 0 Å². The van der Waals surface area contributed by atoms with Crippen molar-refractivity contribution in [3.05, 3.63) is 17.7 Å². The number of rotatable bonds is 8. The highest BCUT2D eigenvalue weighted by atomic mass is 32.2. The molecule has 0 spiro atoms. The molecule has 1 aliphatic heterocycles. The molecule has 1 aromatic carbocycles. The fourth-order valence-electron chi connectivity index (χ4n) is 3.86. The average Bonchev–Trinajstić information content (AvgIpc) is 2.70. The summed E-state index contributed by atoms with van der Waals surface area (Å²) in [6.07, 6.45) is 2.99. The molecule has 0 saturated carbocycles. The van der Waals surface area contributed by atoms with Crippen molar-refractivity contribution in [3.63, 3.8) is 0 Å². The van der Waals surface area contributed by atoms with Crippen LogP contribution in [0.4, 0.5) is 0 Å². The Morgan fingerprint density at radius 2 is 1.74 bits per heavy atom. The predicted octanol–water partition coefficient (Wildman–Crippen LogP) is 4.36. The maximum atomic E-state index is 13.3. The van der Waals surface area contributed by atoms with Crippen LogP contribution in [-0.4, -0.2) is 43.2 Å². The van der Waals surface area contributed by atoms with Gasteiger partial charge in [-0.25, -0.2) is 8.42 Å². The number of nitrogens with zero attached hydrogens (tertiary/aromatic N) is 1. The second-order valence-electron chi connectivity index (χ2n) is 7.16. The lowest BCUT2D eigenvalue weighted by Crippen LogP contribution is -2.50. The van der Waals surface area contributed by atoms with Gasteiger partial charge in [0.15, 0.2) is 21.3 Å². The fraction of sp³-hybridized carbons (Fsp3) is 0.700. The second-order valence-corrected chi connectivity index (χ2v) is 9.12. The molecule has 1 heterocycles. The standard InChI is InChI=1S/C20H33NO5S/c1-6-10-11-20(7-2)14-27(23,24)19-13-18(26-9-4)17(25-8-3)12-16(19)15(5)21(20)22/h12-13,15,22H,6-11,14H2,1-5H3/t15-,20-/m1/s1. The molecule has 0 fully saturated rings. The number of benzene rings is 1. The zero-order chi connectivity index (χ0) is 20.2. The van der Waals surface area contributed by atoms with Gasteiger partial charge in [0.1, 0.15) is 0 Å². The van der Waals surface area contributed by atoms with E-state index in [9.17, 15) is 13.6 Å². The highest BCUT2D eigenvalue weighted by molar-refractivity contribution is 7.91. The van der Waals surface area contributed by atoms with Crippen LogP contribution in [0, 0.1) is 0 Å². The lowest BCUT2D eigenvalue weighted by molar-refractivity contribution is -0.198. The molecule has 7 heteroatoms. The highest BCUT2D eigenvalue weighted by Crippen LogP contribution is 2.44. The minimum Gasteiger partial charge on any atom is -0.490 e. The first kappa shape index (κ1) is 22.0. The van der Waals surface area contributed by atoms with E-state index in [0.29, 0.717) is 43.1 Å². The Hall–Kier alpha value is -1.31. The normalized spacial score (nSPS) is 24.9. The van der Waals surface area contributed by atoms with Crippen LogP contribution in [0.2, 0.25) is 0 Å². The molecule has 0 aromatic heterocycles. The van der Waals surface area contributed by atoms with Gasteiger partial charge in [-0.1, -0.05) is 26.7 Å². The molecule has 6 nitrogen and oxygen atoms in total. The van der Waals surface area contributed by atoms with Crippen molar-refractivity contribution >= 4 is 9.84 Å². The quantitative estimate of drug-likeness (QED) is 0.700. The molecular weight excluding hydrogens is 366 g/mol. The molecule has 2 atom stereocenters. The van der Waals surface area contributed by atoms with E-state index in [1.807, 2.05) is 27.7 Å². The van der Waals surface area contributed by atoms with Crippen LogP contribution < -0.4 is 9.47 Å². The maximum Gasteiger partial charge on any atom is 0.180 e. The van der Waals surface area contributed by atoms with E-state index in [-0.39, 0.29) is 10.6 Å². The molecule has 1 N–H and O–H groups in total. The second kappa shape index (κ2) is 8.80. The molecule has 1 aliphatic rings. The van der Waals surface area contributed by atoms with Gasteiger partial charge in [-0.05, 0) is 45.2 Å². The minimum absolute atomic E-state index is 0.107. The summed E-state index contributed by atoms with van der Waals surface area (Å²) in [5, 5.41) is 12.3. The molecule has 0 amide bonds. The average molecular weight is 400 g/mol. The van der Waals surface area contributed by atoms with Crippen LogP contribution in [0.5, 0.6) is 11.5 Å². The Morgan fingerprint density at radius 3 is 2.26 bits per heavy atom. The van der Waals surface area contributed by atoms with E-state index < -0.39 is 21.4 Å². The van der Waals surface area contributed by atoms with Crippen LogP contribution >= 0.6 is 0 Å². The van der Waals surface area contributed by atoms with Crippen LogP contribution in [0.15, 0.2) is 17.0 Å². The molecule has 27 heavy (non-hydrogen) atoms. The van der Waals surface area contributed by atoms with Gasteiger partial charge in [-0.3, -0.25) is 0 Å². The van der Waals surface area contributed by atoms with Crippen LogP contribution in [-0.2, 0) is 9.84 Å². The van der Waals surface area contributed by atoms with E-state index in [2.05, 4.69) is 6.92 Å². The summed E-state index contributed by atoms with van der Waals surface area (Å²) < 4.78 is 37.9. The minimum atomic E-state index is -3.60. The molecule has 0 saturated heterocycles. The highest BCUT2D eigenvalue weighted by Gasteiger charge is 2.46. The van der Waals surface area contributed by atoms with Gasteiger partial charge in [-0.2, -0.15) is 5.06 Å². The molecule has 0 radical (unpaired) electrons. The molecule has 1 aromatic rings. The van der Waals surface area contributed by atoms with E-state index >= 15 is 0 Å². The molecule has 0 bridgehead atoms. The summed E-state index contributed by atoms with van der Waals surface area (Å²) in [5.41, 5.74) is -0.249. The topological polar surface area (TPSA) is 76.1 Å². The Morgan fingerprint density at radius 1 is 1.15 bits per heavy atom. The largest absolute Gasteiger partial charge is 0.490 e. The number of ether oxygens (including phenoxy) is 2. The van der Waals surface area contributed by atoms with Crippen molar-refractivity contribution in [2.24, 2.45) is 0 Å². The van der Waals surface area contributed by atoms with Crippen molar-refractivity contribution < 1.29 is 23.1 Å². The summed E-state index contributed by atoms with van der Waals surface area (Å²) in [6, 6.07) is 2.81. The number of hydroxylamine groups is 2. The Labute approximate surface area is 163 Å². The summed E-state index contributed by atoms with van der Waals surface area (Å²) >= 11 is 0. The first-order valence-corrected chi connectivity index (χ1v) is 11.6. The van der Waals surface area contributed by atoms with E-state index in [4.69, 9.17) is 9.47 Å². The summed E-state index contributed by atoms with van der Waals surface area (Å²) in [5.74, 6) is 0.825. The van der Waals surface area contributed by atoms with Gasteiger partial charge in [0.05, 0.1) is 35.4 Å². The predicted molar refractivity (Wildman–Crippen MR) is 105 cm³/mol. The Bertz CT molecular complexity index is 749. The zero-order valence-electron chi connectivity index (χ0n) is 17.1. The smallest absolute Gasteiger partial charge is 0.180 e. The Kier molecular flexibility index (Phi) is 7.16. The van der Waals surface area contributed by atoms with Gasteiger partial charge in [0.2, 0.25) is 0 Å². The van der Waals surface area contributed by atoms with Crippen molar-refractivity contribution in [2.75, 3.05) is 19.0 Å². The summed E-state index contributed by atoms with van der Waals surface area (Å²) in [4.78, 5) is 0.229. The molecule has 0 unspecified atom stereocenters. The maximum absolute atomic E-state index is 13.3. The van der Waals surface area contributed by atoms with Crippen molar-refractivity contribution in [1.29, 1.82) is 0 Å². The third-order valence-corrected chi connectivity index (χ3v) is 7.37. The van der Waals surface area contributed by atoms with Gasteiger partial charge >= 0.3 is 0 Å². The number of fused-ring (bicyclic) bond motifs is 1. The van der Waals surface area contributed by atoms with E-state index in [1.54, 1.807) is 12.1 Å². The van der Waals surface area contributed by atoms with Crippen molar-refractivity contribution in [1.82, 2.24) is 5.06 Å². The molecule has 154 valence electrons. The number of sulfone groups is 1. The Balaban J connectivity index is 2.66. The van der Waals surface area contributed by atoms with E-state index in [0.717, 1.165) is 12.8 Å². The lowest BCUT2D eigenvalue weighted by atomic mass is 9.89. The fourth-order valence-corrected chi connectivity index (χ4v) is 6.08. The first-order chi connectivity index (χ1) is 12.8. The van der Waals surface area contributed by atoms with Gasteiger partial charge < -0.3 is 14.7 Å². The zero-order valence-corrected chi connectivity index (χ0v) is 17.9. The van der Waals surface area contributed by atoms with Gasteiger partial charge in [0, 0.05) is 6.07 Å². The van der Waals surface area contributed by atoms with Crippen LogP contribution in [0.3, 0.4) is 0 Å². The van der Waals surface area contributed by atoms with Crippen molar-refractivity contribution in [3.8, 4) is 11.5 Å². The summed E-state index contributed by atoms with van der Waals surface area (Å²) in [7, 11) is -3.60. The first-order valence-electron chi connectivity index (χ1n) is 9.90. The van der Waals surface area contributed by atoms with Crippen molar-refractivity contribution in [2.45, 2.75) is 76.8 Å². The summed E-state index contributed by atoms with van der Waals surface area (Å²) in [6.45, 7) is 10.4. The molecule has 0 aliphatic carbocycles. The third kappa shape index (κ3) is 4.25. The lowest BCUT2D eigenvalue weighted by Gasteiger charge is -2.40. The van der Waals surface area contributed by atoms with Gasteiger partial charge in [0.25, 0.3) is 0 Å². The SMILES string of the molecule is CCCC[C@]1(CC)CS(=O)(=O)c2cc(OCC)c(OCC)cc2[C@@H](C)N1O. The van der Waals surface area contributed by atoms with Crippen LogP contribution in [0.25, 0.3) is 0 Å². The molecule has 2 rings (SSSR count).